The zero-order valence-corrected chi connectivity index (χ0v) is 8.93. The lowest BCUT2D eigenvalue weighted by molar-refractivity contribution is -0.143. The van der Waals surface area contributed by atoms with Crippen molar-refractivity contribution in [2.75, 3.05) is 7.11 Å². The summed E-state index contributed by atoms with van der Waals surface area (Å²) in [5.74, 6) is -3.83. The molecule has 0 aliphatic carbocycles. The van der Waals surface area contributed by atoms with Crippen LogP contribution in [0.5, 0.6) is 0 Å². The van der Waals surface area contributed by atoms with Crippen LogP contribution in [-0.2, 0) is 19.1 Å². The molecule has 0 rings (SSSR count). The monoisotopic (exact) mass is 230 g/mol. The minimum atomic E-state index is -1.23. The highest BCUT2D eigenvalue weighted by Gasteiger charge is 2.22. The van der Waals surface area contributed by atoms with Crippen molar-refractivity contribution in [1.82, 2.24) is 0 Å². The third-order valence-corrected chi connectivity index (χ3v) is 2.07. The number of hydrogen-bond donors (Lipinski definition) is 2. The molecule has 1 atom stereocenters. The van der Waals surface area contributed by atoms with Crippen LogP contribution in [0.25, 0.3) is 0 Å². The van der Waals surface area contributed by atoms with Gasteiger partial charge in [0.1, 0.15) is 0 Å². The quantitative estimate of drug-likeness (QED) is 0.492. The van der Waals surface area contributed by atoms with Crippen molar-refractivity contribution >= 4 is 17.9 Å². The molecule has 0 aliphatic heterocycles. The summed E-state index contributed by atoms with van der Waals surface area (Å²) in [4.78, 5) is 32.0. The summed E-state index contributed by atoms with van der Waals surface area (Å²) in [5, 5.41) is 17.4. The number of carbonyl (C=O) groups excluding carboxylic acids is 1. The van der Waals surface area contributed by atoms with Gasteiger partial charge in [-0.1, -0.05) is 6.58 Å². The van der Waals surface area contributed by atoms with Crippen molar-refractivity contribution in [1.29, 1.82) is 0 Å². The van der Waals surface area contributed by atoms with Gasteiger partial charge in [-0.05, 0) is 12.8 Å². The molecule has 0 amide bonds. The largest absolute Gasteiger partial charge is 0.481 e. The Morgan fingerprint density at radius 2 is 1.88 bits per heavy atom. The fraction of sp³-hybridized carbons (Fsp3) is 0.500. The topological polar surface area (TPSA) is 101 Å². The first-order valence-electron chi connectivity index (χ1n) is 4.59. The van der Waals surface area contributed by atoms with Gasteiger partial charge in [-0.15, -0.1) is 0 Å². The SMILES string of the molecule is C=C(CC(CCC(=O)OC)C(=O)O)C(=O)O. The lowest BCUT2D eigenvalue weighted by Crippen LogP contribution is -2.18. The molecule has 0 aromatic carbocycles. The molecule has 0 aromatic heterocycles. The van der Waals surface area contributed by atoms with E-state index in [4.69, 9.17) is 10.2 Å². The highest BCUT2D eigenvalue weighted by atomic mass is 16.5. The molecule has 0 aliphatic rings. The van der Waals surface area contributed by atoms with Crippen LogP contribution in [0.15, 0.2) is 12.2 Å². The van der Waals surface area contributed by atoms with E-state index in [1.807, 2.05) is 0 Å². The molecule has 0 saturated carbocycles. The Hall–Kier alpha value is -1.85. The van der Waals surface area contributed by atoms with Crippen LogP contribution in [0.1, 0.15) is 19.3 Å². The van der Waals surface area contributed by atoms with E-state index in [9.17, 15) is 14.4 Å². The molecule has 90 valence electrons. The Balaban J connectivity index is 4.29. The molecule has 0 spiro atoms. The Morgan fingerprint density at radius 1 is 1.31 bits per heavy atom. The van der Waals surface area contributed by atoms with Crippen molar-refractivity contribution in [2.24, 2.45) is 5.92 Å². The first-order chi connectivity index (χ1) is 7.38. The minimum absolute atomic E-state index is 0.0360. The van der Waals surface area contributed by atoms with E-state index in [2.05, 4.69) is 11.3 Å². The van der Waals surface area contributed by atoms with Gasteiger partial charge >= 0.3 is 17.9 Å². The smallest absolute Gasteiger partial charge is 0.330 e. The van der Waals surface area contributed by atoms with E-state index >= 15 is 0 Å². The lowest BCUT2D eigenvalue weighted by Gasteiger charge is -2.10. The summed E-state index contributed by atoms with van der Waals surface area (Å²) in [7, 11) is 1.20. The van der Waals surface area contributed by atoms with E-state index in [1.54, 1.807) is 0 Å². The summed E-state index contributed by atoms with van der Waals surface area (Å²) in [6, 6.07) is 0. The van der Waals surface area contributed by atoms with Gasteiger partial charge in [0, 0.05) is 12.0 Å². The Kier molecular flexibility index (Phi) is 5.84. The number of hydrogen-bond acceptors (Lipinski definition) is 4. The van der Waals surface area contributed by atoms with Crippen LogP contribution in [0.3, 0.4) is 0 Å². The molecule has 0 aromatic rings. The predicted molar refractivity (Wildman–Crippen MR) is 53.8 cm³/mol. The van der Waals surface area contributed by atoms with E-state index in [1.165, 1.54) is 7.11 Å². The van der Waals surface area contributed by atoms with Gasteiger partial charge in [-0.25, -0.2) is 4.79 Å². The number of carboxylic acids is 2. The first kappa shape index (κ1) is 14.2. The minimum Gasteiger partial charge on any atom is -0.481 e. The number of methoxy groups -OCH3 is 1. The van der Waals surface area contributed by atoms with Gasteiger partial charge in [0.15, 0.2) is 0 Å². The van der Waals surface area contributed by atoms with Gasteiger partial charge in [0.05, 0.1) is 13.0 Å². The molecule has 1 unspecified atom stereocenters. The van der Waals surface area contributed by atoms with Gasteiger partial charge < -0.3 is 14.9 Å². The Morgan fingerprint density at radius 3 is 2.25 bits per heavy atom. The maximum Gasteiger partial charge on any atom is 0.330 e. The van der Waals surface area contributed by atoms with Crippen LogP contribution in [0.2, 0.25) is 0 Å². The molecule has 2 N–H and O–H groups in total. The van der Waals surface area contributed by atoms with E-state index < -0.39 is 23.8 Å². The summed E-state index contributed by atoms with van der Waals surface area (Å²) in [6.45, 7) is 3.24. The van der Waals surface area contributed by atoms with Crippen molar-refractivity contribution in [3.63, 3.8) is 0 Å². The average molecular weight is 230 g/mol. The second kappa shape index (κ2) is 6.60. The first-order valence-corrected chi connectivity index (χ1v) is 4.59. The lowest BCUT2D eigenvalue weighted by atomic mass is 9.95. The number of esters is 1. The molecule has 6 nitrogen and oxygen atoms in total. The van der Waals surface area contributed by atoms with E-state index in [0.29, 0.717) is 0 Å². The standard InChI is InChI=1S/C10H14O6/c1-6(9(12)13)5-7(10(14)15)3-4-8(11)16-2/h7H,1,3-5H2,2H3,(H,12,13)(H,14,15). The zero-order valence-electron chi connectivity index (χ0n) is 8.93. The fourth-order valence-electron chi connectivity index (χ4n) is 1.09. The maximum absolute atomic E-state index is 10.8. The summed E-state index contributed by atoms with van der Waals surface area (Å²) < 4.78 is 4.36. The van der Waals surface area contributed by atoms with Gasteiger partial charge in [0.2, 0.25) is 0 Å². The number of carboxylic acid groups (broad SMARTS) is 2. The van der Waals surface area contributed by atoms with Gasteiger partial charge in [-0.2, -0.15) is 0 Å². The maximum atomic E-state index is 10.8. The normalized spacial score (nSPS) is 11.6. The Bertz CT molecular complexity index is 306. The predicted octanol–water partition coefficient (Wildman–Crippen LogP) is 0.671. The number of aliphatic carboxylic acids is 2. The third-order valence-electron chi connectivity index (χ3n) is 2.07. The molecule has 0 saturated heterocycles. The highest BCUT2D eigenvalue weighted by molar-refractivity contribution is 5.87. The number of rotatable bonds is 7. The van der Waals surface area contributed by atoms with Crippen molar-refractivity contribution < 1.29 is 29.3 Å². The second-order valence-corrected chi connectivity index (χ2v) is 3.26. The van der Waals surface area contributed by atoms with Crippen molar-refractivity contribution in [3.8, 4) is 0 Å². The molecule has 0 bridgehead atoms. The zero-order chi connectivity index (χ0) is 12.7. The molecular formula is C10H14O6. The molecule has 16 heavy (non-hydrogen) atoms. The number of carbonyl (C=O) groups is 3. The molecular weight excluding hydrogens is 216 g/mol. The van der Waals surface area contributed by atoms with Crippen LogP contribution in [-0.4, -0.2) is 35.2 Å². The van der Waals surface area contributed by atoms with Crippen LogP contribution >= 0.6 is 0 Å². The fourth-order valence-corrected chi connectivity index (χ4v) is 1.09. The average Bonchev–Trinajstić information content (AvgIpc) is 2.22. The van der Waals surface area contributed by atoms with E-state index in [0.717, 1.165) is 0 Å². The summed E-state index contributed by atoms with van der Waals surface area (Å²) >= 11 is 0. The molecule has 0 heterocycles. The Labute approximate surface area is 92.5 Å². The van der Waals surface area contributed by atoms with E-state index in [-0.39, 0.29) is 24.8 Å². The van der Waals surface area contributed by atoms with Crippen LogP contribution in [0.4, 0.5) is 0 Å². The van der Waals surface area contributed by atoms with Gasteiger partial charge in [0.25, 0.3) is 0 Å². The summed E-state index contributed by atoms with van der Waals surface area (Å²) in [5.41, 5.74) is -0.183. The van der Waals surface area contributed by atoms with Crippen molar-refractivity contribution in [2.45, 2.75) is 19.3 Å². The van der Waals surface area contributed by atoms with Crippen LogP contribution < -0.4 is 0 Å². The number of ether oxygens (including phenoxy) is 1. The van der Waals surface area contributed by atoms with Gasteiger partial charge in [-0.3, -0.25) is 9.59 Å². The van der Waals surface area contributed by atoms with Crippen molar-refractivity contribution in [3.05, 3.63) is 12.2 Å². The highest BCUT2D eigenvalue weighted by Crippen LogP contribution is 2.17. The molecule has 6 heteroatoms. The molecule has 0 fully saturated rings. The second-order valence-electron chi connectivity index (χ2n) is 3.26. The third kappa shape index (κ3) is 5.14. The summed E-state index contributed by atoms with van der Waals surface area (Å²) in [6.07, 6.45) is -0.198. The molecule has 0 radical (unpaired) electrons. The van der Waals surface area contributed by atoms with Crippen LogP contribution in [0, 0.1) is 5.92 Å².